The number of hydrogen-bond acceptors (Lipinski definition) is 5. The molecule has 29 heavy (non-hydrogen) atoms. The summed E-state index contributed by atoms with van der Waals surface area (Å²) in [7, 11) is 0. The third-order valence-electron chi connectivity index (χ3n) is 4.40. The molecular formula is C19H18F3N3O2S2. The number of carboxylic acid groups (broad SMARTS) is 1. The minimum Gasteiger partial charge on any atom is -0.475 e. The van der Waals surface area contributed by atoms with Crippen molar-refractivity contribution in [2.75, 3.05) is 19.6 Å². The van der Waals surface area contributed by atoms with Crippen molar-refractivity contribution >= 4 is 33.6 Å². The van der Waals surface area contributed by atoms with Crippen LogP contribution >= 0.6 is 22.7 Å². The number of aromatic nitrogens is 2. The van der Waals surface area contributed by atoms with Gasteiger partial charge in [-0.05, 0) is 37.4 Å². The molecule has 4 heterocycles. The lowest BCUT2D eigenvalue weighted by Crippen LogP contribution is -2.33. The second-order valence-electron chi connectivity index (χ2n) is 6.39. The van der Waals surface area contributed by atoms with E-state index < -0.39 is 12.1 Å². The molecule has 1 aliphatic heterocycles. The molecule has 0 aromatic carbocycles. The van der Waals surface area contributed by atoms with Gasteiger partial charge in [-0.2, -0.15) is 13.2 Å². The molecule has 10 heteroatoms. The maximum atomic E-state index is 10.6. The number of thiazole rings is 1. The van der Waals surface area contributed by atoms with E-state index in [1.165, 1.54) is 18.5 Å². The average Bonchev–Trinajstić information content (AvgIpc) is 3.39. The van der Waals surface area contributed by atoms with Crippen LogP contribution in [0.5, 0.6) is 0 Å². The summed E-state index contributed by atoms with van der Waals surface area (Å²) in [5.41, 5.74) is 1.26. The number of hydrogen-bond donors (Lipinski definition) is 1. The predicted octanol–water partition coefficient (Wildman–Crippen LogP) is 4.32. The first-order valence-corrected chi connectivity index (χ1v) is 10.6. The van der Waals surface area contributed by atoms with E-state index in [2.05, 4.69) is 56.4 Å². The van der Waals surface area contributed by atoms with Crippen molar-refractivity contribution in [3.63, 3.8) is 0 Å². The molecule has 1 fully saturated rings. The molecule has 0 bridgehead atoms. The van der Waals surface area contributed by atoms with E-state index >= 15 is 0 Å². The molecule has 154 valence electrons. The molecule has 0 radical (unpaired) electrons. The summed E-state index contributed by atoms with van der Waals surface area (Å²) < 4.78 is 33.9. The minimum atomic E-state index is -5.08. The minimum absolute atomic E-state index is 0.605. The van der Waals surface area contributed by atoms with Crippen LogP contribution in [0, 0.1) is 11.8 Å². The Balaban J connectivity index is 0.000000298. The molecule has 1 saturated heterocycles. The second kappa shape index (κ2) is 9.43. The number of alkyl halides is 3. The highest BCUT2D eigenvalue weighted by Gasteiger charge is 2.38. The van der Waals surface area contributed by atoms with E-state index in [1.807, 2.05) is 0 Å². The topological polar surface area (TPSA) is 57.8 Å². The molecule has 0 amide bonds. The number of fused-ring (bicyclic) bond motifs is 1. The summed E-state index contributed by atoms with van der Waals surface area (Å²) in [6.45, 7) is 3.12. The van der Waals surface area contributed by atoms with Gasteiger partial charge in [0.25, 0.3) is 0 Å². The maximum absolute atomic E-state index is 10.6. The highest BCUT2D eigenvalue weighted by atomic mass is 32.1. The first-order chi connectivity index (χ1) is 13.8. The number of halogens is 3. The Bertz CT molecular complexity index is 963. The van der Waals surface area contributed by atoms with Gasteiger partial charge >= 0.3 is 12.1 Å². The molecule has 0 atom stereocenters. The van der Waals surface area contributed by atoms with Crippen LogP contribution in [-0.2, 0) is 4.79 Å². The fourth-order valence-electron chi connectivity index (χ4n) is 2.92. The lowest BCUT2D eigenvalue weighted by Gasteiger charge is -2.29. The average molecular weight is 442 g/mol. The van der Waals surface area contributed by atoms with E-state index in [4.69, 9.17) is 14.9 Å². The van der Waals surface area contributed by atoms with Gasteiger partial charge in [-0.1, -0.05) is 17.9 Å². The molecule has 1 aliphatic rings. The van der Waals surface area contributed by atoms with Crippen LogP contribution in [0.15, 0.2) is 35.3 Å². The number of aliphatic carboxylic acids is 1. The number of thiophene rings is 1. The van der Waals surface area contributed by atoms with Crippen LogP contribution in [0.1, 0.15) is 29.3 Å². The van der Waals surface area contributed by atoms with Gasteiger partial charge in [0.2, 0.25) is 0 Å². The number of carbonyl (C=O) groups is 1. The molecule has 0 saturated carbocycles. The van der Waals surface area contributed by atoms with Crippen LogP contribution in [0.2, 0.25) is 0 Å². The Kier molecular flexibility index (Phi) is 6.95. The van der Waals surface area contributed by atoms with Crippen LogP contribution in [0.3, 0.4) is 0 Å². The van der Waals surface area contributed by atoms with Crippen LogP contribution in [0.4, 0.5) is 13.2 Å². The summed E-state index contributed by atoms with van der Waals surface area (Å²) in [6.07, 6.45) is 1.57. The smallest absolute Gasteiger partial charge is 0.475 e. The van der Waals surface area contributed by atoms with Gasteiger partial charge in [0.15, 0.2) is 4.96 Å². The molecule has 4 rings (SSSR count). The number of nitrogens with zero attached hydrogens (tertiary/aromatic N) is 3. The molecule has 1 N–H and O–H groups in total. The predicted molar refractivity (Wildman–Crippen MR) is 106 cm³/mol. The number of carboxylic acids is 1. The van der Waals surface area contributed by atoms with Gasteiger partial charge in [0.05, 0.1) is 17.1 Å². The zero-order valence-electron chi connectivity index (χ0n) is 15.2. The normalized spacial score (nSPS) is 15.4. The van der Waals surface area contributed by atoms with Crippen LogP contribution in [-0.4, -0.2) is 51.2 Å². The van der Waals surface area contributed by atoms with Gasteiger partial charge in [-0.3, -0.25) is 9.30 Å². The zero-order valence-corrected chi connectivity index (χ0v) is 16.9. The van der Waals surface area contributed by atoms with Crippen molar-refractivity contribution in [3.8, 4) is 11.8 Å². The Morgan fingerprint density at radius 1 is 1.28 bits per heavy atom. The Morgan fingerprint density at radius 3 is 2.59 bits per heavy atom. The first-order valence-electron chi connectivity index (χ1n) is 8.80. The molecule has 3 aromatic rings. The van der Waals surface area contributed by atoms with Gasteiger partial charge < -0.3 is 5.11 Å². The number of rotatable bonds is 2. The summed E-state index contributed by atoms with van der Waals surface area (Å²) in [5, 5.41) is 11.3. The summed E-state index contributed by atoms with van der Waals surface area (Å²) in [4.78, 5) is 18.4. The SMILES string of the molecule is C(#Cc1cccs1)CN1CCC(c2cn3ccsc3n2)CC1.O=C(O)C(F)(F)F. The van der Waals surface area contributed by atoms with Crippen molar-refractivity contribution in [1.82, 2.24) is 14.3 Å². The van der Waals surface area contributed by atoms with E-state index in [9.17, 15) is 13.2 Å². The molecule has 3 aromatic heterocycles. The first kappa shape index (κ1) is 21.4. The maximum Gasteiger partial charge on any atom is 0.490 e. The number of piperidine rings is 1. The van der Waals surface area contributed by atoms with Gasteiger partial charge in [0, 0.05) is 23.7 Å². The fraction of sp³-hybridized carbons (Fsp3) is 0.368. The fourth-order valence-corrected chi connectivity index (χ4v) is 4.22. The molecule has 0 unspecified atom stereocenters. The van der Waals surface area contributed by atoms with E-state index in [0.717, 1.165) is 29.5 Å². The van der Waals surface area contributed by atoms with Crippen molar-refractivity contribution < 1.29 is 23.1 Å². The molecule has 5 nitrogen and oxygen atoms in total. The molecular weight excluding hydrogens is 423 g/mol. The lowest BCUT2D eigenvalue weighted by atomic mass is 9.94. The lowest BCUT2D eigenvalue weighted by molar-refractivity contribution is -0.192. The van der Waals surface area contributed by atoms with Gasteiger partial charge in [-0.15, -0.1) is 22.7 Å². The van der Waals surface area contributed by atoms with E-state index in [1.54, 1.807) is 22.7 Å². The van der Waals surface area contributed by atoms with Crippen molar-refractivity contribution in [3.05, 3.63) is 45.9 Å². The second-order valence-corrected chi connectivity index (χ2v) is 8.21. The third-order valence-corrected chi connectivity index (χ3v) is 5.95. The highest BCUT2D eigenvalue weighted by molar-refractivity contribution is 7.15. The Morgan fingerprint density at radius 2 is 2.00 bits per heavy atom. The third kappa shape index (κ3) is 6.06. The number of likely N-dealkylation sites (tertiary alicyclic amines) is 1. The van der Waals surface area contributed by atoms with Crippen molar-refractivity contribution in [1.29, 1.82) is 0 Å². The monoisotopic (exact) mass is 441 g/mol. The molecule has 0 spiro atoms. The van der Waals surface area contributed by atoms with Crippen molar-refractivity contribution in [2.45, 2.75) is 24.9 Å². The van der Waals surface area contributed by atoms with E-state index in [-0.39, 0.29) is 0 Å². The Hall–Kier alpha value is -2.35. The largest absolute Gasteiger partial charge is 0.490 e. The standard InChI is InChI=1S/C17H17N3S2.C2HF3O2/c1(3-15-4-2-11-21-15)7-19-8-5-14(6-9-19)16-13-20-10-12-22-17(20)18-16;3-2(4,5)1(6)7/h2,4,10-14H,5-9H2;(H,6,7). The van der Waals surface area contributed by atoms with Crippen molar-refractivity contribution in [2.24, 2.45) is 0 Å². The zero-order chi connectivity index (χ0) is 20.9. The highest BCUT2D eigenvalue weighted by Crippen LogP contribution is 2.28. The van der Waals surface area contributed by atoms with Gasteiger partial charge in [-0.25, -0.2) is 9.78 Å². The quantitative estimate of drug-likeness (QED) is 0.602. The van der Waals surface area contributed by atoms with Gasteiger partial charge in [0.1, 0.15) is 0 Å². The van der Waals surface area contributed by atoms with Crippen LogP contribution < -0.4 is 0 Å². The summed E-state index contributed by atoms with van der Waals surface area (Å²) in [5.74, 6) is 4.39. The Labute approximate surface area is 173 Å². The summed E-state index contributed by atoms with van der Waals surface area (Å²) in [6, 6.07) is 4.13. The van der Waals surface area contributed by atoms with Crippen LogP contribution in [0.25, 0.3) is 4.96 Å². The molecule has 0 aliphatic carbocycles. The summed E-state index contributed by atoms with van der Waals surface area (Å²) >= 11 is 3.41. The van der Waals surface area contributed by atoms with E-state index in [0.29, 0.717) is 5.92 Å². The number of imidazole rings is 1.